The molecule has 2 aliphatic heterocycles. The first-order valence-corrected chi connectivity index (χ1v) is 13.9. The fourth-order valence-corrected chi connectivity index (χ4v) is 6.89. The second-order valence-corrected chi connectivity index (χ2v) is 11.3. The number of benzene rings is 3. The normalized spacial score (nSPS) is 19.8. The van der Waals surface area contributed by atoms with Crippen molar-refractivity contribution >= 4 is 26.7 Å². The van der Waals surface area contributed by atoms with Gasteiger partial charge >= 0.3 is 0 Å². The minimum Gasteiger partial charge on any atom is -0.494 e. The molecule has 0 aliphatic carbocycles. The van der Waals surface area contributed by atoms with Crippen LogP contribution in [0.15, 0.2) is 71.6 Å². The number of ether oxygens (including phenoxy) is 1. The van der Waals surface area contributed by atoms with E-state index in [1.807, 2.05) is 54.3 Å². The van der Waals surface area contributed by atoms with E-state index in [0.29, 0.717) is 37.4 Å². The van der Waals surface area contributed by atoms with Crippen LogP contribution in [0, 0.1) is 5.92 Å². The Labute approximate surface area is 207 Å². The van der Waals surface area contributed by atoms with Crippen LogP contribution in [0.5, 0.6) is 5.75 Å². The quantitative estimate of drug-likeness (QED) is 0.486. The summed E-state index contributed by atoms with van der Waals surface area (Å²) >= 11 is 0. The zero-order chi connectivity index (χ0) is 24.4. The molecule has 6 nitrogen and oxygen atoms in total. The van der Waals surface area contributed by atoms with Crippen molar-refractivity contribution in [2.75, 3.05) is 26.2 Å². The zero-order valence-corrected chi connectivity index (χ0v) is 20.9. The molecule has 3 aromatic carbocycles. The molecule has 0 bridgehead atoms. The summed E-state index contributed by atoms with van der Waals surface area (Å²) in [6.07, 6.45) is 3.05. The lowest BCUT2D eigenvalue weighted by Gasteiger charge is -2.34. The number of likely N-dealkylation sites (tertiary alicyclic amines) is 1. The number of hydrogen-bond donors (Lipinski definition) is 0. The van der Waals surface area contributed by atoms with Crippen LogP contribution >= 0.6 is 0 Å². The first-order valence-electron chi connectivity index (χ1n) is 12.5. The van der Waals surface area contributed by atoms with Crippen LogP contribution in [0.2, 0.25) is 0 Å². The van der Waals surface area contributed by atoms with Gasteiger partial charge in [-0.25, -0.2) is 8.42 Å². The first kappa shape index (κ1) is 23.8. The minimum atomic E-state index is -3.59. The van der Waals surface area contributed by atoms with Gasteiger partial charge in [0.2, 0.25) is 15.9 Å². The highest BCUT2D eigenvalue weighted by Crippen LogP contribution is 2.36. The second kappa shape index (κ2) is 9.99. The Morgan fingerprint density at radius 1 is 0.914 bits per heavy atom. The van der Waals surface area contributed by atoms with E-state index in [1.54, 1.807) is 12.1 Å². The van der Waals surface area contributed by atoms with Crippen molar-refractivity contribution in [1.29, 1.82) is 0 Å². The third-order valence-corrected chi connectivity index (χ3v) is 9.17. The SMILES string of the molecule is CCOc1ccc([C@H]2CCCN2C(=O)C2CCN(S(=O)(=O)c3ccc4ccccc4c3)CC2)cc1. The highest BCUT2D eigenvalue weighted by molar-refractivity contribution is 7.89. The third kappa shape index (κ3) is 4.80. The lowest BCUT2D eigenvalue weighted by Crippen LogP contribution is -2.44. The maximum Gasteiger partial charge on any atom is 0.243 e. The van der Waals surface area contributed by atoms with E-state index in [1.165, 1.54) is 4.31 Å². The number of fused-ring (bicyclic) bond motifs is 1. The predicted octanol–water partition coefficient (Wildman–Crippen LogP) is 5.00. The number of carbonyl (C=O) groups excluding carboxylic acids is 1. The van der Waals surface area contributed by atoms with E-state index in [4.69, 9.17) is 4.74 Å². The fourth-order valence-electron chi connectivity index (χ4n) is 5.38. The number of sulfonamides is 1. The molecule has 184 valence electrons. The molecule has 1 amide bonds. The highest BCUT2D eigenvalue weighted by Gasteiger charge is 2.37. The maximum atomic E-state index is 13.5. The summed E-state index contributed by atoms with van der Waals surface area (Å²) in [4.78, 5) is 15.8. The summed E-state index contributed by atoms with van der Waals surface area (Å²) in [6.45, 7) is 4.08. The number of nitrogens with zero attached hydrogens (tertiary/aromatic N) is 2. The summed E-state index contributed by atoms with van der Waals surface area (Å²) in [6, 6.07) is 21.2. The number of amides is 1. The van der Waals surface area contributed by atoms with E-state index in [-0.39, 0.29) is 17.9 Å². The molecule has 1 atom stereocenters. The standard InChI is InChI=1S/C28H32N2O4S/c1-2-34-25-12-9-22(10-13-25)27-8-5-17-30(27)28(31)23-15-18-29(19-16-23)35(32,33)26-14-11-21-6-3-4-7-24(21)20-26/h3-4,6-7,9-14,20,23,27H,2,5,8,15-19H2,1H3/t27-/m1/s1. The van der Waals surface area contributed by atoms with Gasteiger partial charge in [0.25, 0.3) is 0 Å². The Kier molecular flexibility index (Phi) is 6.80. The predicted molar refractivity (Wildman–Crippen MR) is 137 cm³/mol. The summed E-state index contributed by atoms with van der Waals surface area (Å²) < 4.78 is 33.7. The summed E-state index contributed by atoms with van der Waals surface area (Å²) in [5.74, 6) is 0.859. The molecular weight excluding hydrogens is 460 g/mol. The Hall–Kier alpha value is -2.90. The molecule has 3 aromatic rings. The molecule has 2 fully saturated rings. The van der Waals surface area contributed by atoms with Crippen molar-refractivity contribution in [1.82, 2.24) is 9.21 Å². The van der Waals surface area contributed by atoms with Gasteiger partial charge in [-0.15, -0.1) is 0 Å². The van der Waals surface area contributed by atoms with Crippen LogP contribution < -0.4 is 4.74 Å². The largest absolute Gasteiger partial charge is 0.494 e. The van der Waals surface area contributed by atoms with E-state index in [0.717, 1.165) is 41.5 Å². The minimum absolute atomic E-state index is 0.0811. The molecule has 0 saturated carbocycles. The molecule has 2 saturated heterocycles. The van der Waals surface area contributed by atoms with Crippen molar-refractivity contribution in [3.8, 4) is 5.75 Å². The van der Waals surface area contributed by atoms with Crippen LogP contribution in [0.4, 0.5) is 0 Å². The van der Waals surface area contributed by atoms with E-state index >= 15 is 0 Å². The van der Waals surface area contributed by atoms with E-state index in [2.05, 4.69) is 12.1 Å². The molecule has 0 unspecified atom stereocenters. The molecule has 2 heterocycles. The Morgan fingerprint density at radius 3 is 2.34 bits per heavy atom. The lowest BCUT2D eigenvalue weighted by atomic mass is 9.95. The summed E-state index contributed by atoms with van der Waals surface area (Å²) in [5.41, 5.74) is 1.13. The van der Waals surface area contributed by atoms with E-state index in [9.17, 15) is 13.2 Å². The maximum absolute atomic E-state index is 13.5. The Morgan fingerprint density at radius 2 is 1.63 bits per heavy atom. The number of hydrogen-bond acceptors (Lipinski definition) is 4. The van der Waals surface area contributed by atoms with Crippen LogP contribution in [-0.2, 0) is 14.8 Å². The average molecular weight is 493 g/mol. The highest BCUT2D eigenvalue weighted by atomic mass is 32.2. The smallest absolute Gasteiger partial charge is 0.243 e. The van der Waals surface area contributed by atoms with Crippen molar-refractivity contribution in [2.45, 2.75) is 43.5 Å². The van der Waals surface area contributed by atoms with Crippen LogP contribution in [0.1, 0.15) is 44.2 Å². The van der Waals surface area contributed by atoms with Gasteiger partial charge in [0.15, 0.2) is 0 Å². The molecule has 0 radical (unpaired) electrons. The van der Waals surface area contributed by atoms with Gasteiger partial charge in [0, 0.05) is 25.6 Å². The summed E-state index contributed by atoms with van der Waals surface area (Å²) in [7, 11) is -3.59. The molecule has 0 N–H and O–H groups in total. The number of piperidine rings is 1. The number of carbonyl (C=O) groups is 1. The van der Waals surface area contributed by atoms with Crippen molar-refractivity contribution < 1.29 is 17.9 Å². The van der Waals surface area contributed by atoms with Gasteiger partial charge < -0.3 is 9.64 Å². The van der Waals surface area contributed by atoms with Gasteiger partial charge in [0.05, 0.1) is 17.5 Å². The van der Waals surface area contributed by atoms with Crippen LogP contribution in [0.25, 0.3) is 10.8 Å². The Balaban J connectivity index is 1.24. The molecule has 0 aromatic heterocycles. The molecule has 5 rings (SSSR count). The number of rotatable bonds is 6. The first-order chi connectivity index (χ1) is 17.0. The average Bonchev–Trinajstić information content (AvgIpc) is 3.39. The lowest BCUT2D eigenvalue weighted by molar-refractivity contribution is -0.137. The molecular formula is C28H32N2O4S. The molecule has 35 heavy (non-hydrogen) atoms. The van der Waals surface area contributed by atoms with Gasteiger partial charge in [-0.05, 0) is 73.2 Å². The van der Waals surface area contributed by atoms with Gasteiger partial charge in [-0.2, -0.15) is 4.31 Å². The second-order valence-electron chi connectivity index (χ2n) is 9.38. The van der Waals surface area contributed by atoms with Crippen LogP contribution in [0.3, 0.4) is 0 Å². The summed E-state index contributed by atoms with van der Waals surface area (Å²) in [5, 5.41) is 1.93. The Bertz CT molecular complexity index is 1300. The van der Waals surface area contributed by atoms with Crippen molar-refractivity contribution in [2.24, 2.45) is 5.92 Å². The monoisotopic (exact) mass is 492 g/mol. The van der Waals surface area contributed by atoms with Crippen LogP contribution in [-0.4, -0.2) is 49.8 Å². The topological polar surface area (TPSA) is 66.9 Å². The van der Waals surface area contributed by atoms with E-state index < -0.39 is 10.0 Å². The third-order valence-electron chi connectivity index (χ3n) is 7.27. The fraction of sp³-hybridized carbons (Fsp3) is 0.393. The van der Waals surface area contributed by atoms with Crippen molar-refractivity contribution in [3.05, 3.63) is 72.3 Å². The van der Waals surface area contributed by atoms with Crippen molar-refractivity contribution in [3.63, 3.8) is 0 Å². The van der Waals surface area contributed by atoms with Gasteiger partial charge in [0.1, 0.15) is 5.75 Å². The molecule has 0 spiro atoms. The van der Waals surface area contributed by atoms with Gasteiger partial charge in [-0.1, -0.05) is 42.5 Å². The zero-order valence-electron chi connectivity index (χ0n) is 20.1. The molecule has 2 aliphatic rings. The van der Waals surface area contributed by atoms with Gasteiger partial charge in [-0.3, -0.25) is 4.79 Å². The molecule has 7 heteroatoms.